The number of rotatable bonds is 4. The molecule has 0 aliphatic rings. The highest BCUT2D eigenvalue weighted by Gasteiger charge is 2.24. The zero-order valence-electron chi connectivity index (χ0n) is 14.3. The van der Waals surface area contributed by atoms with Gasteiger partial charge in [-0.25, -0.2) is 4.79 Å². The van der Waals surface area contributed by atoms with Crippen LogP contribution in [0.3, 0.4) is 0 Å². The predicted octanol–water partition coefficient (Wildman–Crippen LogP) is 2.46. The summed E-state index contributed by atoms with van der Waals surface area (Å²) in [4.78, 5) is 12.3. The number of benzene rings is 3. The Labute approximate surface area is 148 Å². The molecule has 0 aliphatic carbocycles. The van der Waals surface area contributed by atoms with Gasteiger partial charge in [-0.05, 0) is 22.9 Å². The van der Waals surface area contributed by atoms with Crippen LogP contribution in [0.4, 0.5) is 5.69 Å². The molecule has 0 heterocycles. The Morgan fingerprint density at radius 2 is 1.77 bits per heavy atom. The summed E-state index contributed by atoms with van der Waals surface area (Å²) in [7, 11) is 4.02. The third-order valence-electron chi connectivity index (χ3n) is 4.13. The molecule has 26 heavy (non-hydrogen) atoms. The van der Waals surface area contributed by atoms with Gasteiger partial charge in [-0.1, -0.05) is 18.2 Å². The van der Waals surface area contributed by atoms with Gasteiger partial charge >= 0.3 is 5.97 Å². The molecule has 0 unspecified atom stereocenters. The van der Waals surface area contributed by atoms with Crippen molar-refractivity contribution in [1.82, 2.24) is 0 Å². The third kappa shape index (κ3) is 2.61. The minimum atomic E-state index is -0.711. The molecule has 0 aromatic heterocycles. The van der Waals surface area contributed by atoms with E-state index in [0.29, 0.717) is 16.2 Å². The van der Waals surface area contributed by atoms with Crippen molar-refractivity contribution in [2.45, 2.75) is 0 Å². The standard InChI is InChI=1S/C18H17NO7/c1-24-14-8-12(18(21)26-3)15-13(19(22)23)6-9-4-5-10(20)7-11(9)16(15)17(14)25-2/h4-8,20,22-23H,1-3H3/p-1. The molecule has 0 fully saturated rings. The topological polar surface area (TPSA) is 112 Å². The number of anilines is 1. The minimum absolute atomic E-state index is 0.0291. The number of ether oxygens (including phenoxy) is 3. The van der Waals surface area contributed by atoms with E-state index in [2.05, 4.69) is 0 Å². The van der Waals surface area contributed by atoms with Crippen molar-refractivity contribution in [2.24, 2.45) is 0 Å². The van der Waals surface area contributed by atoms with E-state index in [9.17, 15) is 20.3 Å². The Balaban J connectivity index is 2.67. The monoisotopic (exact) mass is 358 g/mol. The lowest BCUT2D eigenvalue weighted by molar-refractivity contribution is -0.268. The number of esters is 1. The van der Waals surface area contributed by atoms with Crippen molar-refractivity contribution >= 4 is 33.2 Å². The number of fused-ring (bicyclic) bond motifs is 3. The lowest BCUT2D eigenvalue weighted by atomic mass is 9.95. The normalized spacial score (nSPS) is 10.8. The molecule has 0 saturated heterocycles. The molecule has 0 aliphatic heterocycles. The zero-order chi connectivity index (χ0) is 19.0. The van der Waals surface area contributed by atoms with Crippen LogP contribution in [0, 0.1) is 0 Å². The number of hydrogen-bond donors (Lipinski definition) is 2. The Morgan fingerprint density at radius 1 is 1.04 bits per heavy atom. The molecule has 3 aromatic rings. The van der Waals surface area contributed by atoms with Gasteiger partial charge in [-0.2, -0.15) is 0 Å². The molecule has 3 rings (SSSR count). The first-order chi connectivity index (χ1) is 12.4. The summed E-state index contributed by atoms with van der Waals surface area (Å²) in [5.74, 6) is -0.482. The maximum Gasteiger partial charge on any atom is 0.338 e. The fourth-order valence-electron chi connectivity index (χ4n) is 3.04. The van der Waals surface area contributed by atoms with Crippen molar-refractivity contribution in [3.05, 3.63) is 35.9 Å². The summed E-state index contributed by atoms with van der Waals surface area (Å²) in [6.45, 7) is 0. The van der Waals surface area contributed by atoms with Gasteiger partial charge in [0.2, 0.25) is 0 Å². The number of methoxy groups -OCH3 is 3. The molecule has 0 atom stereocenters. The fraction of sp³-hybridized carbons (Fsp3) is 0.167. The first-order valence-corrected chi connectivity index (χ1v) is 7.51. The lowest BCUT2D eigenvalue weighted by Crippen LogP contribution is -2.14. The van der Waals surface area contributed by atoms with Crippen LogP contribution in [0.15, 0.2) is 30.3 Å². The summed E-state index contributed by atoms with van der Waals surface area (Å²) < 4.78 is 15.6. The second kappa shape index (κ2) is 6.58. The van der Waals surface area contributed by atoms with Crippen LogP contribution >= 0.6 is 0 Å². The quantitative estimate of drug-likeness (QED) is 0.416. The predicted molar refractivity (Wildman–Crippen MR) is 91.4 cm³/mol. The summed E-state index contributed by atoms with van der Waals surface area (Å²) >= 11 is 0. The first-order valence-electron chi connectivity index (χ1n) is 7.51. The minimum Gasteiger partial charge on any atom is -0.872 e. The first kappa shape index (κ1) is 17.6. The highest BCUT2D eigenvalue weighted by Crippen LogP contribution is 2.46. The van der Waals surface area contributed by atoms with Crippen molar-refractivity contribution in [2.75, 3.05) is 26.6 Å². The smallest absolute Gasteiger partial charge is 0.338 e. The zero-order valence-corrected chi connectivity index (χ0v) is 14.3. The number of carbonyl (C=O) groups is 1. The van der Waals surface area contributed by atoms with Gasteiger partial charge in [0.1, 0.15) is 5.69 Å². The van der Waals surface area contributed by atoms with Crippen LogP contribution in [-0.2, 0) is 4.74 Å². The van der Waals surface area contributed by atoms with Crippen molar-refractivity contribution in [3.8, 4) is 17.2 Å². The Morgan fingerprint density at radius 3 is 2.35 bits per heavy atom. The lowest BCUT2D eigenvalue weighted by Gasteiger charge is -2.20. The number of carbonyl (C=O) groups excluding carboxylic acids is 1. The van der Waals surface area contributed by atoms with Crippen molar-refractivity contribution < 1.29 is 34.5 Å². The molecule has 0 saturated carbocycles. The maximum atomic E-state index is 12.3. The van der Waals surface area contributed by atoms with Crippen molar-refractivity contribution in [3.63, 3.8) is 0 Å². The maximum absolute atomic E-state index is 12.3. The molecule has 8 nitrogen and oxygen atoms in total. The van der Waals surface area contributed by atoms with E-state index in [1.165, 1.54) is 45.6 Å². The van der Waals surface area contributed by atoms with Crippen molar-refractivity contribution in [1.29, 1.82) is 0 Å². The summed E-state index contributed by atoms with van der Waals surface area (Å²) in [5.41, 5.74) is -0.0473. The van der Waals surface area contributed by atoms with Gasteiger partial charge < -0.3 is 19.3 Å². The van der Waals surface area contributed by atoms with Crippen LogP contribution in [0.2, 0.25) is 0 Å². The Kier molecular flexibility index (Phi) is 4.45. The van der Waals surface area contributed by atoms with Gasteiger partial charge in [-0.3, -0.25) is 10.4 Å². The van der Waals surface area contributed by atoms with E-state index in [0.717, 1.165) is 0 Å². The van der Waals surface area contributed by atoms with E-state index in [1.807, 2.05) is 0 Å². The van der Waals surface area contributed by atoms with Gasteiger partial charge in [0.05, 0.1) is 26.9 Å². The van der Waals surface area contributed by atoms with E-state index in [4.69, 9.17) is 14.2 Å². The van der Waals surface area contributed by atoms with Crippen LogP contribution in [0.5, 0.6) is 17.2 Å². The Bertz CT molecular complexity index is 1010. The van der Waals surface area contributed by atoms with E-state index in [1.54, 1.807) is 6.07 Å². The molecule has 2 N–H and O–H groups in total. The average molecular weight is 358 g/mol. The fourth-order valence-corrected chi connectivity index (χ4v) is 3.04. The molecular formula is C18H16NO7-. The molecule has 0 amide bonds. The van der Waals surface area contributed by atoms with E-state index in [-0.39, 0.29) is 39.1 Å². The number of hydrogen-bond acceptors (Lipinski definition) is 8. The molecule has 0 bridgehead atoms. The third-order valence-corrected chi connectivity index (χ3v) is 4.13. The van der Waals surface area contributed by atoms with E-state index < -0.39 is 5.97 Å². The largest absolute Gasteiger partial charge is 0.872 e. The molecule has 136 valence electrons. The summed E-state index contributed by atoms with van der Waals surface area (Å²) in [6.07, 6.45) is 0. The molecular weight excluding hydrogens is 342 g/mol. The molecule has 3 aromatic carbocycles. The van der Waals surface area contributed by atoms with Gasteiger partial charge in [0.15, 0.2) is 11.5 Å². The van der Waals surface area contributed by atoms with E-state index >= 15 is 0 Å². The molecule has 8 heteroatoms. The van der Waals surface area contributed by atoms with Crippen LogP contribution < -0.4 is 19.8 Å². The Hall–Kier alpha value is -3.23. The van der Waals surface area contributed by atoms with Gasteiger partial charge in [0.25, 0.3) is 0 Å². The second-order valence-electron chi connectivity index (χ2n) is 5.47. The van der Waals surface area contributed by atoms with Gasteiger partial charge in [0, 0.05) is 10.8 Å². The van der Waals surface area contributed by atoms with Crippen LogP contribution in [-0.4, -0.2) is 37.7 Å². The van der Waals surface area contributed by atoms with Crippen LogP contribution in [0.25, 0.3) is 21.5 Å². The number of nitrogens with zero attached hydrogens (tertiary/aromatic N) is 1. The SMILES string of the molecule is COC(=O)c1cc(OC)c(OC)c2c1c(N(O)O)cc1ccc([O-])cc12. The summed E-state index contributed by atoms with van der Waals surface area (Å²) in [5, 5.41) is 32.7. The highest BCUT2D eigenvalue weighted by molar-refractivity contribution is 6.22. The second-order valence-corrected chi connectivity index (χ2v) is 5.47. The van der Waals surface area contributed by atoms with Gasteiger partial charge in [-0.15, -0.1) is 11.0 Å². The highest BCUT2D eigenvalue weighted by atomic mass is 16.8. The summed E-state index contributed by atoms with van der Waals surface area (Å²) in [6, 6.07) is 7.09. The molecule has 0 radical (unpaired) electrons. The molecule has 0 spiro atoms. The van der Waals surface area contributed by atoms with Crippen LogP contribution in [0.1, 0.15) is 10.4 Å². The average Bonchev–Trinajstić information content (AvgIpc) is 2.64.